The van der Waals surface area contributed by atoms with Crippen molar-refractivity contribution in [3.05, 3.63) is 35.9 Å². The van der Waals surface area contributed by atoms with Crippen molar-refractivity contribution < 1.29 is 9.53 Å². The number of nitrogens with one attached hydrogen (secondary N) is 1. The van der Waals surface area contributed by atoms with Crippen LogP contribution < -0.4 is 5.32 Å². The van der Waals surface area contributed by atoms with E-state index in [1.54, 1.807) is 11.8 Å². The minimum Gasteiger partial charge on any atom is -0.444 e. The molecule has 1 amide bonds. The van der Waals surface area contributed by atoms with Crippen molar-refractivity contribution in [2.24, 2.45) is 0 Å². The van der Waals surface area contributed by atoms with Gasteiger partial charge in [-0.3, -0.25) is 0 Å². The van der Waals surface area contributed by atoms with E-state index in [9.17, 15) is 4.79 Å². The highest BCUT2D eigenvalue weighted by molar-refractivity contribution is 7.99. The van der Waals surface area contributed by atoms with Crippen LogP contribution in [0.5, 0.6) is 0 Å². The Bertz CT molecular complexity index is 387. The van der Waals surface area contributed by atoms with Crippen LogP contribution in [0.1, 0.15) is 39.3 Å². The van der Waals surface area contributed by atoms with Crippen LogP contribution >= 0.6 is 11.8 Å². The predicted octanol–water partition coefficient (Wildman–Crippen LogP) is 4.01. The highest BCUT2D eigenvalue weighted by Gasteiger charge is 2.20. The molecule has 1 N–H and O–H groups in total. The Kier molecular flexibility index (Phi) is 6.22. The van der Waals surface area contributed by atoms with Gasteiger partial charge in [0.25, 0.3) is 0 Å². The van der Waals surface area contributed by atoms with Crippen LogP contribution in [0.15, 0.2) is 30.3 Å². The molecule has 1 aromatic rings. The fourth-order valence-corrected chi connectivity index (χ4v) is 2.34. The summed E-state index contributed by atoms with van der Waals surface area (Å²) in [6, 6.07) is 9.98. The number of carbonyl (C=O) groups is 1. The van der Waals surface area contributed by atoms with E-state index in [0.29, 0.717) is 0 Å². The predicted molar refractivity (Wildman–Crippen MR) is 81.6 cm³/mol. The zero-order chi connectivity index (χ0) is 14.3. The Morgan fingerprint density at radius 1 is 1.32 bits per heavy atom. The van der Waals surface area contributed by atoms with E-state index in [4.69, 9.17) is 4.74 Å². The second-order valence-corrected chi connectivity index (χ2v) is 6.59. The highest BCUT2D eigenvalue weighted by atomic mass is 32.2. The average molecular weight is 281 g/mol. The van der Waals surface area contributed by atoms with Crippen LogP contribution in [0.3, 0.4) is 0 Å². The summed E-state index contributed by atoms with van der Waals surface area (Å²) in [5, 5.41) is 2.94. The number of thioether (sulfide) groups is 1. The largest absolute Gasteiger partial charge is 0.444 e. The summed E-state index contributed by atoms with van der Waals surface area (Å²) in [5.74, 6) is 1.87. The molecule has 0 aliphatic carbocycles. The molecule has 0 fully saturated rings. The van der Waals surface area contributed by atoms with Crippen LogP contribution in [0.4, 0.5) is 4.79 Å². The molecular formula is C15H23NO2S. The maximum absolute atomic E-state index is 11.9. The third kappa shape index (κ3) is 6.53. The lowest BCUT2D eigenvalue weighted by Crippen LogP contribution is -2.35. The summed E-state index contributed by atoms with van der Waals surface area (Å²) in [4.78, 5) is 11.9. The normalized spacial score (nSPS) is 12.8. The second kappa shape index (κ2) is 7.43. The SMILES string of the molecule is CCSCC(NC(=O)OC(C)(C)C)c1ccccc1. The average Bonchev–Trinajstić information content (AvgIpc) is 2.33. The minimum absolute atomic E-state index is 0.0130. The lowest BCUT2D eigenvalue weighted by Gasteiger charge is -2.23. The molecule has 19 heavy (non-hydrogen) atoms. The van der Waals surface area contributed by atoms with Gasteiger partial charge in [-0.2, -0.15) is 11.8 Å². The topological polar surface area (TPSA) is 38.3 Å². The molecule has 1 unspecified atom stereocenters. The van der Waals surface area contributed by atoms with E-state index < -0.39 is 5.60 Å². The van der Waals surface area contributed by atoms with Crippen LogP contribution in [-0.4, -0.2) is 23.2 Å². The Morgan fingerprint density at radius 2 is 1.95 bits per heavy atom. The monoisotopic (exact) mass is 281 g/mol. The van der Waals surface area contributed by atoms with Crippen molar-refractivity contribution in [3.63, 3.8) is 0 Å². The summed E-state index contributed by atoms with van der Waals surface area (Å²) in [6.45, 7) is 7.71. The third-order valence-electron chi connectivity index (χ3n) is 2.38. The van der Waals surface area contributed by atoms with Gasteiger partial charge in [0.15, 0.2) is 0 Å². The number of hydrogen-bond donors (Lipinski definition) is 1. The van der Waals surface area contributed by atoms with E-state index in [0.717, 1.165) is 17.1 Å². The van der Waals surface area contributed by atoms with E-state index in [-0.39, 0.29) is 12.1 Å². The van der Waals surface area contributed by atoms with Gasteiger partial charge in [0.2, 0.25) is 0 Å². The smallest absolute Gasteiger partial charge is 0.408 e. The zero-order valence-corrected chi connectivity index (χ0v) is 12.9. The first-order valence-corrected chi connectivity index (χ1v) is 7.70. The third-order valence-corrected chi connectivity index (χ3v) is 3.36. The molecule has 0 saturated carbocycles. The molecule has 0 aliphatic heterocycles. The zero-order valence-electron chi connectivity index (χ0n) is 12.1. The lowest BCUT2D eigenvalue weighted by molar-refractivity contribution is 0.0509. The molecule has 106 valence electrons. The Balaban J connectivity index is 2.67. The summed E-state index contributed by atoms with van der Waals surface area (Å²) in [7, 11) is 0. The van der Waals surface area contributed by atoms with E-state index in [1.165, 1.54) is 0 Å². The maximum Gasteiger partial charge on any atom is 0.408 e. The number of hydrogen-bond acceptors (Lipinski definition) is 3. The summed E-state index contributed by atoms with van der Waals surface area (Å²) >= 11 is 1.80. The molecule has 3 nitrogen and oxygen atoms in total. The Morgan fingerprint density at radius 3 is 2.47 bits per heavy atom. The van der Waals surface area contributed by atoms with Gasteiger partial charge in [-0.05, 0) is 32.1 Å². The number of benzene rings is 1. The first kappa shape index (κ1) is 15.9. The molecule has 0 heterocycles. The number of ether oxygens (including phenoxy) is 1. The quantitative estimate of drug-likeness (QED) is 0.886. The van der Waals surface area contributed by atoms with Gasteiger partial charge in [-0.1, -0.05) is 37.3 Å². The van der Waals surface area contributed by atoms with Crippen molar-refractivity contribution in [2.45, 2.75) is 39.3 Å². The molecule has 0 bridgehead atoms. The summed E-state index contributed by atoms with van der Waals surface area (Å²) < 4.78 is 5.31. The van der Waals surface area contributed by atoms with Gasteiger partial charge in [0.05, 0.1) is 6.04 Å². The highest BCUT2D eigenvalue weighted by Crippen LogP contribution is 2.19. The molecule has 4 heteroatoms. The van der Waals surface area contributed by atoms with Crippen molar-refractivity contribution >= 4 is 17.9 Å². The number of rotatable bonds is 5. The van der Waals surface area contributed by atoms with Crippen LogP contribution in [0.2, 0.25) is 0 Å². The second-order valence-electron chi connectivity index (χ2n) is 5.27. The molecular weight excluding hydrogens is 258 g/mol. The van der Waals surface area contributed by atoms with Crippen molar-refractivity contribution in [1.82, 2.24) is 5.32 Å². The fourth-order valence-electron chi connectivity index (χ4n) is 1.59. The standard InChI is InChI=1S/C15H23NO2S/c1-5-19-11-13(12-9-7-6-8-10-12)16-14(17)18-15(2,3)4/h6-10,13H,5,11H2,1-4H3,(H,16,17). The fraction of sp³-hybridized carbons (Fsp3) is 0.533. The van der Waals surface area contributed by atoms with Gasteiger partial charge >= 0.3 is 6.09 Å². The van der Waals surface area contributed by atoms with Crippen LogP contribution in [0, 0.1) is 0 Å². The molecule has 0 spiro atoms. The lowest BCUT2D eigenvalue weighted by atomic mass is 10.1. The Hall–Kier alpha value is -1.16. The first-order chi connectivity index (χ1) is 8.92. The molecule has 1 atom stereocenters. The minimum atomic E-state index is -0.469. The molecule has 0 saturated heterocycles. The van der Waals surface area contributed by atoms with Gasteiger partial charge in [0.1, 0.15) is 5.60 Å². The van der Waals surface area contributed by atoms with Gasteiger partial charge < -0.3 is 10.1 Å². The molecule has 1 rings (SSSR count). The van der Waals surface area contributed by atoms with E-state index in [2.05, 4.69) is 12.2 Å². The molecule has 0 radical (unpaired) electrons. The molecule has 0 aliphatic rings. The maximum atomic E-state index is 11.9. The summed E-state index contributed by atoms with van der Waals surface area (Å²) in [5.41, 5.74) is 0.637. The van der Waals surface area contributed by atoms with Gasteiger partial charge in [-0.25, -0.2) is 4.79 Å². The number of carbonyl (C=O) groups excluding carboxylic acids is 1. The number of amides is 1. The van der Waals surface area contributed by atoms with Crippen LogP contribution in [0.25, 0.3) is 0 Å². The summed E-state index contributed by atoms with van der Waals surface area (Å²) in [6.07, 6.45) is -0.363. The van der Waals surface area contributed by atoms with Crippen molar-refractivity contribution in [3.8, 4) is 0 Å². The van der Waals surface area contributed by atoms with E-state index in [1.807, 2.05) is 51.1 Å². The first-order valence-electron chi connectivity index (χ1n) is 6.54. The van der Waals surface area contributed by atoms with Gasteiger partial charge in [-0.15, -0.1) is 0 Å². The van der Waals surface area contributed by atoms with Gasteiger partial charge in [0, 0.05) is 5.75 Å². The van der Waals surface area contributed by atoms with Crippen LogP contribution in [-0.2, 0) is 4.74 Å². The Labute approximate surface area is 120 Å². The van der Waals surface area contributed by atoms with Crippen molar-refractivity contribution in [2.75, 3.05) is 11.5 Å². The van der Waals surface area contributed by atoms with Crippen molar-refractivity contribution in [1.29, 1.82) is 0 Å². The number of alkyl carbamates (subject to hydrolysis) is 1. The molecule has 1 aromatic carbocycles. The van der Waals surface area contributed by atoms with E-state index >= 15 is 0 Å². The molecule has 0 aromatic heterocycles.